The number of carbonyl (C=O) groups is 1. The van der Waals surface area contributed by atoms with Gasteiger partial charge in [-0.1, -0.05) is 18.2 Å². The molecule has 5 heteroatoms. The number of hydrogen-bond acceptors (Lipinski definition) is 4. The molecule has 2 aliphatic rings. The molecule has 0 atom stereocenters. The van der Waals surface area contributed by atoms with E-state index in [2.05, 4.69) is 0 Å². The van der Waals surface area contributed by atoms with Crippen molar-refractivity contribution in [3.8, 4) is 11.5 Å². The number of rotatable bonds is 3. The molecule has 0 radical (unpaired) electrons. The van der Waals surface area contributed by atoms with Gasteiger partial charge in [0.15, 0.2) is 11.5 Å². The molecule has 1 aromatic heterocycles. The Hall–Kier alpha value is -3.08. The van der Waals surface area contributed by atoms with Gasteiger partial charge in [-0.3, -0.25) is 9.78 Å². The first-order valence-electron chi connectivity index (χ1n) is 10.6. The summed E-state index contributed by atoms with van der Waals surface area (Å²) in [6.07, 6.45) is 4.97. The Bertz CT molecular complexity index is 1140. The van der Waals surface area contributed by atoms with Crippen molar-refractivity contribution < 1.29 is 14.3 Å². The van der Waals surface area contributed by atoms with Crippen molar-refractivity contribution in [2.75, 3.05) is 20.8 Å². The van der Waals surface area contributed by atoms with Crippen LogP contribution in [-0.2, 0) is 25.8 Å². The SMILES string of the molecule is COc1cc2c(cc1OC)CN(C(=O)c1c3c(nc4ccccc14)CCCC3)CC2. The average Bonchev–Trinajstić information content (AvgIpc) is 2.80. The van der Waals surface area contributed by atoms with E-state index >= 15 is 0 Å². The molecule has 5 nitrogen and oxygen atoms in total. The molecule has 1 aliphatic carbocycles. The monoisotopic (exact) mass is 402 g/mol. The molecular weight excluding hydrogens is 376 g/mol. The maximum absolute atomic E-state index is 13.8. The molecule has 0 bridgehead atoms. The van der Waals surface area contributed by atoms with Crippen LogP contribution >= 0.6 is 0 Å². The molecule has 0 spiro atoms. The Kier molecular flexibility index (Phi) is 4.81. The predicted molar refractivity (Wildman–Crippen MR) is 116 cm³/mol. The van der Waals surface area contributed by atoms with Crippen LogP contribution in [0.4, 0.5) is 0 Å². The average molecular weight is 402 g/mol. The van der Waals surface area contributed by atoms with Crippen LogP contribution < -0.4 is 9.47 Å². The lowest BCUT2D eigenvalue weighted by molar-refractivity contribution is 0.0735. The van der Waals surface area contributed by atoms with Crippen LogP contribution in [0, 0.1) is 0 Å². The highest BCUT2D eigenvalue weighted by Gasteiger charge is 2.28. The summed E-state index contributed by atoms with van der Waals surface area (Å²) < 4.78 is 10.9. The largest absolute Gasteiger partial charge is 0.493 e. The van der Waals surface area contributed by atoms with Gasteiger partial charge in [0.1, 0.15) is 0 Å². The normalized spacial score (nSPS) is 15.5. The van der Waals surface area contributed by atoms with Crippen LogP contribution in [-0.4, -0.2) is 36.6 Å². The first-order chi connectivity index (χ1) is 14.7. The van der Waals surface area contributed by atoms with E-state index < -0.39 is 0 Å². The number of pyridine rings is 1. The Morgan fingerprint density at radius 2 is 1.70 bits per heavy atom. The fraction of sp³-hybridized carbons (Fsp3) is 0.360. The number of aromatic nitrogens is 1. The third-order valence-electron chi connectivity index (χ3n) is 6.39. The molecule has 0 saturated heterocycles. The van der Waals surface area contributed by atoms with Gasteiger partial charge >= 0.3 is 0 Å². The summed E-state index contributed by atoms with van der Waals surface area (Å²) in [6.45, 7) is 1.28. The molecule has 0 N–H and O–H groups in total. The van der Waals surface area contributed by atoms with Crippen LogP contribution in [0.5, 0.6) is 11.5 Å². The zero-order chi connectivity index (χ0) is 20.7. The first-order valence-corrected chi connectivity index (χ1v) is 10.6. The Morgan fingerprint density at radius 3 is 2.50 bits per heavy atom. The molecule has 1 aliphatic heterocycles. The molecule has 0 saturated carbocycles. The van der Waals surface area contributed by atoms with E-state index in [9.17, 15) is 4.79 Å². The topological polar surface area (TPSA) is 51.7 Å². The van der Waals surface area contributed by atoms with E-state index in [4.69, 9.17) is 14.5 Å². The lowest BCUT2D eigenvalue weighted by Gasteiger charge is -2.31. The summed E-state index contributed by atoms with van der Waals surface area (Å²) in [5.74, 6) is 1.56. The number of carbonyl (C=O) groups excluding carboxylic acids is 1. The van der Waals surface area contributed by atoms with Crippen LogP contribution in [0.15, 0.2) is 36.4 Å². The number of benzene rings is 2. The summed E-state index contributed by atoms with van der Waals surface area (Å²) >= 11 is 0. The Morgan fingerprint density at radius 1 is 0.967 bits per heavy atom. The summed E-state index contributed by atoms with van der Waals surface area (Å²) in [7, 11) is 3.30. The minimum absolute atomic E-state index is 0.118. The van der Waals surface area contributed by atoms with Gasteiger partial charge in [-0.15, -0.1) is 0 Å². The molecule has 1 amide bonds. The van der Waals surface area contributed by atoms with E-state index in [0.29, 0.717) is 18.8 Å². The number of hydrogen-bond donors (Lipinski definition) is 0. The van der Waals surface area contributed by atoms with Crippen molar-refractivity contribution in [1.82, 2.24) is 9.88 Å². The molecule has 5 rings (SSSR count). The number of aryl methyl sites for hydroxylation is 1. The zero-order valence-electron chi connectivity index (χ0n) is 17.5. The molecular formula is C25H26N2O3. The Labute approximate surface area is 176 Å². The van der Waals surface area contributed by atoms with Crippen molar-refractivity contribution in [1.29, 1.82) is 0 Å². The van der Waals surface area contributed by atoms with Crippen LogP contribution in [0.2, 0.25) is 0 Å². The molecule has 0 fully saturated rings. The number of para-hydroxylation sites is 1. The number of ether oxygens (including phenoxy) is 2. The summed E-state index contributed by atoms with van der Waals surface area (Å²) in [4.78, 5) is 20.7. The number of fused-ring (bicyclic) bond motifs is 3. The standard InChI is InChI=1S/C25H26N2O3/c1-29-22-13-16-11-12-27(15-17(16)14-23(22)30-2)25(28)24-18-7-3-5-9-20(18)26-21-10-6-4-8-19(21)24/h3,5,7,9,13-14H,4,6,8,10-12,15H2,1-2H3. The van der Waals surface area contributed by atoms with Gasteiger partial charge in [0, 0.05) is 24.2 Å². The van der Waals surface area contributed by atoms with E-state index in [1.807, 2.05) is 41.3 Å². The van der Waals surface area contributed by atoms with Crippen LogP contribution in [0.1, 0.15) is 45.6 Å². The van der Waals surface area contributed by atoms with Crippen LogP contribution in [0.3, 0.4) is 0 Å². The van der Waals surface area contributed by atoms with Crippen molar-refractivity contribution in [3.05, 3.63) is 64.3 Å². The van der Waals surface area contributed by atoms with Crippen molar-refractivity contribution >= 4 is 16.8 Å². The number of methoxy groups -OCH3 is 2. The highest BCUT2D eigenvalue weighted by molar-refractivity contribution is 6.07. The smallest absolute Gasteiger partial charge is 0.255 e. The van der Waals surface area contributed by atoms with Gasteiger partial charge in [-0.25, -0.2) is 0 Å². The minimum Gasteiger partial charge on any atom is -0.493 e. The molecule has 2 heterocycles. The summed E-state index contributed by atoms with van der Waals surface area (Å²) in [5, 5.41) is 0.973. The van der Waals surface area contributed by atoms with Crippen molar-refractivity contribution in [2.24, 2.45) is 0 Å². The van der Waals surface area contributed by atoms with Crippen molar-refractivity contribution in [3.63, 3.8) is 0 Å². The summed E-state index contributed by atoms with van der Waals surface area (Å²) in [6, 6.07) is 12.1. The predicted octanol–water partition coefficient (Wildman–Crippen LogP) is 4.33. The summed E-state index contributed by atoms with van der Waals surface area (Å²) in [5.41, 5.74) is 6.39. The van der Waals surface area contributed by atoms with Crippen LogP contribution in [0.25, 0.3) is 10.9 Å². The second kappa shape index (κ2) is 7.63. The second-order valence-corrected chi connectivity index (χ2v) is 8.09. The zero-order valence-corrected chi connectivity index (χ0v) is 17.5. The third kappa shape index (κ3) is 3.09. The fourth-order valence-electron chi connectivity index (χ4n) is 4.83. The molecule has 2 aromatic carbocycles. The fourth-order valence-corrected chi connectivity index (χ4v) is 4.83. The lowest BCUT2D eigenvalue weighted by atomic mass is 9.88. The lowest BCUT2D eigenvalue weighted by Crippen LogP contribution is -2.37. The minimum atomic E-state index is 0.118. The van der Waals surface area contributed by atoms with Gasteiger partial charge in [-0.2, -0.15) is 0 Å². The van der Waals surface area contributed by atoms with Gasteiger partial charge in [-0.05, 0) is 67.0 Å². The van der Waals surface area contributed by atoms with E-state index in [1.165, 1.54) is 5.56 Å². The molecule has 30 heavy (non-hydrogen) atoms. The van der Waals surface area contributed by atoms with Gasteiger partial charge in [0.25, 0.3) is 5.91 Å². The van der Waals surface area contributed by atoms with E-state index in [0.717, 1.165) is 71.1 Å². The van der Waals surface area contributed by atoms with Gasteiger partial charge in [0.05, 0.1) is 25.3 Å². The number of nitrogens with zero attached hydrogens (tertiary/aromatic N) is 2. The maximum atomic E-state index is 13.8. The Balaban J connectivity index is 1.56. The van der Waals surface area contributed by atoms with E-state index in [1.54, 1.807) is 14.2 Å². The second-order valence-electron chi connectivity index (χ2n) is 8.09. The van der Waals surface area contributed by atoms with Gasteiger partial charge < -0.3 is 14.4 Å². The maximum Gasteiger partial charge on any atom is 0.255 e. The third-order valence-corrected chi connectivity index (χ3v) is 6.39. The molecule has 154 valence electrons. The van der Waals surface area contributed by atoms with E-state index in [-0.39, 0.29) is 5.91 Å². The van der Waals surface area contributed by atoms with Gasteiger partial charge in [0.2, 0.25) is 0 Å². The molecule has 0 unspecified atom stereocenters. The first kappa shape index (κ1) is 18.9. The van der Waals surface area contributed by atoms with Crippen molar-refractivity contribution in [2.45, 2.75) is 38.6 Å². The highest BCUT2D eigenvalue weighted by atomic mass is 16.5. The quantitative estimate of drug-likeness (QED) is 0.654. The molecule has 3 aromatic rings. The highest BCUT2D eigenvalue weighted by Crippen LogP contribution is 2.35. The number of amides is 1.